The van der Waals surface area contributed by atoms with Crippen molar-refractivity contribution in [3.63, 3.8) is 0 Å². The summed E-state index contributed by atoms with van der Waals surface area (Å²) in [5.41, 5.74) is 5.73. The van der Waals surface area contributed by atoms with Crippen LogP contribution in [0.3, 0.4) is 0 Å². The zero-order valence-corrected chi connectivity index (χ0v) is 7.60. The fraction of sp³-hybridized carbons (Fsp3) is 0. The van der Waals surface area contributed by atoms with E-state index in [0.29, 0.717) is 0 Å². The molecule has 0 saturated carbocycles. The fourth-order valence-corrected chi connectivity index (χ4v) is 1.96. The zero-order valence-electron chi connectivity index (χ0n) is 6.78. The summed E-state index contributed by atoms with van der Waals surface area (Å²) in [6.07, 6.45) is 0. The van der Waals surface area contributed by atoms with E-state index in [1.165, 1.54) is 4.70 Å². The number of primary amides is 1. The van der Waals surface area contributed by atoms with Crippen LogP contribution in [-0.4, -0.2) is 6.03 Å². The van der Waals surface area contributed by atoms with Gasteiger partial charge in [0, 0.05) is 10.4 Å². The average molecular weight is 192 g/mol. The van der Waals surface area contributed by atoms with Crippen LogP contribution in [0, 0.1) is 0 Å². The molecular formula is C9H8N2OS. The van der Waals surface area contributed by atoms with E-state index in [-0.39, 0.29) is 0 Å². The molecule has 2 rings (SSSR count). The van der Waals surface area contributed by atoms with Gasteiger partial charge >= 0.3 is 6.03 Å². The van der Waals surface area contributed by atoms with Crippen molar-refractivity contribution in [2.24, 2.45) is 5.73 Å². The molecule has 3 N–H and O–H groups in total. The summed E-state index contributed by atoms with van der Waals surface area (Å²) in [7, 11) is 0. The van der Waals surface area contributed by atoms with Crippen molar-refractivity contribution < 1.29 is 4.79 Å². The first-order valence-electron chi connectivity index (χ1n) is 3.79. The second kappa shape index (κ2) is 3.06. The van der Waals surface area contributed by atoms with Gasteiger partial charge in [0.25, 0.3) is 0 Å². The maximum atomic E-state index is 10.6. The van der Waals surface area contributed by atoms with Crippen LogP contribution in [0.25, 0.3) is 10.1 Å². The van der Waals surface area contributed by atoms with Gasteiger partial charge in [0.15, 0.2) is 0 Å². The average Bonchev–Trinajstić information content (AvgIpc) is 2.49. The number of nitrogens with two attached hydrogens (primary N) is 1. The summed E-state index contributed by atoms with van der Waals surface area (Å²) < 4.78 is 1.20. The summed E-state index contributed by atoms with van der Waals surface area (Å²) in [5, 5.41) is 5.66. The number of hydrogen-bond donors (Lipinski definition) is 2. The summed E-state index contributed by atoms with van der Waals surface area (Å²) >= 11 is 1.67. The third-order valence-electron chi connectivity index (χ3n) is 1.72. The number of hydrogen-bond acceptors (Lipinski definition) is 2. The van der Waals surface area contributed by atoms with E-state index >= 15 is 0 Å². The molecule has 2 aromatic rings. The van der Waals surface area contributed by atoms with Crippen molar-refractivity contribution in [3.05, 3.63) is 29.6 Å². The molecule has 0 fully saturated rings. The molecule has 0 unspecified atom stereocenters. The number of benzene rings is 1. The minimum atomic E-state index is -0.533. The minimum Gasteiger partial charge on any atom is -0.351 e. The molecule has 66 valence electrons. The molecule has 0 aliphatic rings. The standard InChI is InChI=1S/C9H8N2OS/c10-9(12)11-7-1-2-8-6(5-7)3-4-13-8/h1-5H,(H3,10,11,12). The highest BCUT2D eigenvalue weighted by atomic mass is 32.1. The van der Waals surface area contributed by atoms with Gasteiger partial charge < -0.3 is 11.1 Å². The van der Waals surface area contributed by atoms with Crippen LogP contribution in [0.4, 0.5) is 10.5 Å². The molecule has 0 spiro atoms. The molecule has 0 aliphatic heterocycles. The molecule has 0 radical (unpaired) electrons. The number of amides is 2. The molecule has 0 bridgehead atoms. The Bertz CT molecular complexity index is 450. The Morgan fingerprint density at radius 3 is 3.00 bits per heavy atom. The summed E-state index contributed by atoms with van der Waals surface area (Å²) in [5.74, 6) is 0. The Morgan fingerprint density at radius 2 is 2.23 bits per heavy atom. The second-order valence-corrected chi connectivity index (χ2v) is 3.61. The largest absolute Gasteiger partial charge is 0.351 e. The lowest BCUT2D eigenvalue weighted by Gasteiger charge is -2.00. The summed E-state index contributed by atoms with van der Waals surface area (Å²) in [6.45, 7) is 0. The number of carbonyl (C=O) groups excluding carboxylic acids is 1. The Morgan fingerprint density at radius 1 is 1.38 bits per heavy atom. The van der Waals surface area contributed by atoms with Crippen LogP contribution in [0.1, 0.15) is 0 Å². The molecular weight excluding hydrogens is 184 g/mol. The van der Waals surface area contributed by atoms with Gasteiger partial charge in [-0.15, -0.1) is 11.3 Å². The number of carbonyl (C=O) groups is 1. The lowest BCUT2D eigenvalue weighted by Crippen LogP contribution is -2.19. The molecule has 2 amide bonds. The van der Waals surface area contributed by atoms with E-state index in [1.807, 2.05) is 29.6 Å². The summed E-state index contributed by atoms with van der Waals surface area (Å²) in [4.78, 5) is 10.6. The Kier molecular flexibility index (Phi) is 1.90. The predicted octanol–water partition coefficient (Wildman–Crippen LogP) is 2.39. The molecule has 1 heterocycles. The number of nitrogens with one attached hydrogen (secondary N) is 1. The highest BCUT2D eigenvalue weighted by Gasteiger charge is 1.98. The number of urea groups is 1. The number of thiophene rings is 1. The lowest BCUT2D eigenvalue weighted by molar-refractivity contribution is 0.259. The monoisotopic (exact) mass is 192 g/mol. The maximum absolute atomic E-state index is 10.6. The topological polar surface area (TPSA) is 55.1 Å². The van der Waals surface area contributed by atoms with Crippen LogP contribution >= 0.6 is 11.3 Å². The van der Waals surface area contributed by atoms with E-state index in [4.69, 9.17) is 5.73 Å². The van der Waals surface area contributed by atoms with Crippen molar-refractivity contribution in [1.82, 2.24) is 0 Å². The first-order valence-corrected chi connectivity index (χ1v) is 4.67. The SMILES string of the molecule is NC(=O)Nc1ccc2sccc2c1. The molecule has 4 heteroatoms. The van der Waals surface area contributed by atoms with Gasteiger partial charge in [-0.3, -0.25) is 0 Å². The third kappa shape index (κ3) is 1.62. The van der Waals surface area contributed by atoms with E-state index in [2.05, 4.69) is 5.32 Å². The van der Waals surface area contributed by atoms with Crippen LogP contribution in [0.15, 0.2) is 29.6 Å². The molecule has 1 aromatic heterocycles. The van der Waals surface area contributed by atoms with E-state index < -0.39 is 6.03 Å². The van der Waals surface area contributed by atoms with Crippen LogP contribution in [-0.2, 0) is 0 Å². The number of anilines is 1. The predicted molar refractivity (Wildman–Crippen MR) is 55.0 cm³/mol. The lowest BCUT2D eigenvalue weighted by atomic mass is 10.2. The Balaban J connectivity index is 2.42. The first kappa shape index (κ1) is 8.07. The van der Waals surface area contributed by atoms with E-state index in [9.17, 15) is 4.79 Å². The van der Waals surface area contributed by atoms with Gasteiger partial charge in [0.05, 0.1) is 0 Å². The fourth-order valence-electron chi connectivity index (χ4n) is 1.19. The smallest absolute Gasteiger partial charge is 0.316 e. The molecule has 0 atom stereocenters. The zero-order chi connectivity index (χ0) is 9.26. The molecule has 0 saturated heterocycles. The van der Waals surface area contributed by atoms with Gasteiger partial charge in [-0.25, -0.2) is 4.79 Å². The van der Waals surface area contributed by atoms with Gasteiger partial charge in [-0.1, -0.05) is 0 Å². The molecule has 3 nitrogen and oxygen atoms in total. The third-order valence-corrected chi connectivity index (χ3v) is 2.62. The van der Waals surface area contributed by atoms with Crippen molar-refractivity contribution in [3.8, 4) is 0 Å². The highest BCUT2D eigenvalue weighted by molar-refractivity contribution is 7.17. The second-order valence-electron chi connectivity index (χ2n) is 2.66. The van der Waals surface area contributed by atoms with Crippen LogP contribution in [0.2, 0.25) is 0 Å². The molecule has 0 aliphatic carbocycles. The van der Waals surface area contributed by atoms with Gasteiger partial charge in [-0.05, 0) is 35.0 Å². The van der Waals surface area contributed by atoms with Crippen molar-refractivity contribution in [1.29, 1.82) is 0 Å². The van der Waals surface area contributed by atoms with E-state index in [1.54, 1.807) is 11.3 Å². The van der Waals surface area contributed by atoms with Gasteiger partial charge in [-0.2, -0.15) is 0 Å². The Labute approximate surface area is 79.2 Å². The van der Waals surface area contributed by atoms with Crippen molar-refractivity contribution >= 4 is 33.1 Å². The van der Waals surface area contributed by atoms with Crippen LogP contribution < -0.4 is 11.1 Å². The van der Waals surface area contributed by atoms with E-state index in [0.717, 1.165) is 11.1 Å². The molecule has 13 heavy (non-hydrogen) atoms. The van der Waals surface area contributed by atoms with Gasteiger partial charge in [0.1, 0.15) is 0 Å². The summed E-state index contributed by atoms with van der Waals surface area (Å²) in [6, 6.07) is 7.17. The molecule has 1 aromatic carbocycles. The number of rotatable bonds is 1. The van der Waals surface area contributed by atoms with Crippen molar-refractivity contribution in [2.45, 2.75) is 0 Å². The first-order chi connectivity index (χ1) is 6.25. The minimum absolute atomic E-state index is 0.533. The van der Waals surface area contributed by atoms with Crippen LogP contribution in [0.5, 0.6) is 0 Å². The van der Waals surface area contributed by atoms with Gasteiger partial charge in [0.2, 0.25) is 0 Å². The van der Waals surface area contributed by atoms with Crippen molar-refractivity contribution in [2.75, 3.05) is 5.32 Å². The highest BCUT2D eigenvalue weighted by Crippen LogP contribution is 2.23. The number of fused-ring (bicyclic) bond motifs is 1. The Hall–Kier alpha value is -1.55. The normalized spacial score (nSPS) is 10.2. The maximum Gasteiger partial charge on any atom is 0.316 e. The quantitative estimate of drug-likeness (QED) is 0.716.